The summed E-state index contributed by atoms with van der Waals surface area (Å²) in [6, 6.07) is 0.208. The predicted molar refractivity (Wildman–Crippen MR) is 88.4 cm³/mol. The van der Waals surface area contributed by atoms with Crippen molar-refractivity contribution in [3.63, 3.8) is 0 Å². The van der Waals surface area contributed by atoms with Gasteiger partial charge in [0.2, 0.25) is 5.91 Å². The zero-order chi connectivity index (χ0) is 16.1. The van der Waals surface area contributed by atoms with Gasteiger partial charge in [-0.1, -0.05) is 6.42 Å². The first kappa shape index (κ1) is 17.7. The van der Waals surface area contributed by atoms with Gasteiger partial charge in [-0.3, -0.25) is 4.79 Å². The van der Waals surface area contributed by atoms with Crippen molar-refractivity contribution in [2.75, 3.05) is 33.2 Å². The van der Waals surface area contributed by atoms with Gasteiger partial charge in [-0.2, -0.15) is 0 Å². The number of likely N-dealkylation sites (tertiary alicyclic amines) is 1. The van der Waals surface area contributed by atoms with Crippen LogP contribution in [0.5, 0.6) is 0 Å². The Hall–Kier alpha value is -0.650. The standard InChI is InChI=1S/C17H33N3O2/c1-13(21)11-20-8-6-14(7-9-20)12-19(2)17(22)15-4-3-5-16(18)10-15/h13-16,21H,3-12,18H2,1-2H3. The van der Waals surface area contributed by atoms with Crippen LogP contribution < -0.4 is 5.73 Å². The van der Waals surface area contributed by atoms with Gasteiger partial charge in [0.1, 0.15) is 0 Å². The average Bonchev–Trinajstić information content (AvgIpc) is 2.48. The molecular formula is C17H33N3O2. The maximum Gasteiger partial charge on any atom is 0.225 e. The molecule has 1 saturated carbocycles. The monoisotopic (exact) mass is 311 g/mol. The summed E-state index contributed by atoms with van der Waals surface area (Å²) in [7, 11) is 1.95. The molecule has 5 nitrogen and oxygen atoms in total. The van der Waals surface area contributed by atoms with E-state index in [1.165, 1.54) is 0 Å². The van der Waals surface area contributed by atoms with Crippen LogP contribution in [-0.4, -0.2) is 66.2 Å². The van der Waals surface area contributed by atoms with Gasteiger partial charge >= 0.3 is 0 Å². The molecule has 0 aromatic carbocycles. The molecule has 0 bridgehead atoms. The van der Waals surface area contributed by atoms with Crippen LogP contribution in [0.2, 0.25) is 0 Å². The lowest BCUT2D eigenvalue weighted by Crippen LogP contribution is -2.44. The molecule has 1 saturated heterocycles. The van der Waals surface area contributed by atoms with E-state index >= 15 is 0 Å². The molecule has 1 amide bonds. The Balaban J connectivity index is 1.73. The molecule has 3 unspecified atom stereocenters. The number of piperidine rings is 1. The molecule has 3 N–H and O–H groups in total. The normalized spacial score (nSPS) is 29.3. The predicted octanol–water partition coefficient (Wildman–Crippen LogP) is 1.06. The second kappa shape index (κ2) is 8.27. The van der Waals surface area contributed by atoms with Crippen LogP contribution in [0.1, 0.15) is 45.4 Å². The number of aliphatic hydroxyl groups excluding tert-OH is 1. The van der Waals surface area contributed by atoms with E-state index in [0.29, 0.717) is 11.8 Å². The second-order valence-corrected chi connectivity index (χ2v) is 7.44. The van der Waals surface area contributed by atoms with Gasteiger partial charge in [0.05, 0.1) is 6.10 Å². The first-order valence-corrected chi connectivity index (χ1v) is 8.86. The van der Waals surface area contributed by atoms with E-state index in [9.17, 15) is 9.90 Å². The van der Waals surface area contributed by atoms with Crippen molar-refractivity contribution in [2.24, 2.45) is 17.6 Å². The van der Waals surface area contributed by atoms with Gasteiger partial charge in [0.25, 0.3) is 0 Å². The zero-order valence-corrected chi connectivity index (χ0v) is 14.2. The minimum atomic E-state index is -0.253. The highest BCUT2D eigenvalue weighted by Gasteiger charge is 2.29. The number of β-amino-alcohol motifs (C(OH)–C–C–N with tert-alkyl or cyclic N) is 1. The Morgan fingerprint density at radius 2 is 2.00 bits per heavy atom. The molecule has 0 radical (unpaired) electrons. The third-order valence-corrected chi connectivity index (χ3v) is 5.20. The van der Waals surface area contributed by atoms with E-state index in [1.807, 2.05) is 18.9 Å². The largest absolute Gasteiger partial charge is 0.392 e. The number of rotatable bonds is 5. The van der Waals surface area contributed by atoms with Crippen LogP contribution in [0, 0.1) is 11.8 Å². The Bertz CT molecular complexity index is 354. The summed E-state index contributed by atoms with van der Waals surface area (Å²) >= 11 is 0. The summed E-state index contributed by atoms with van der Waals surface area (Å²) in [5.41, 5.74) is 6.01. The topological polar surface area (TPSA) is 69.8 Å². The summed E-state index contributed by atoms with van der Waals surface area (Å²) in [6.07, 6.45) is 6.00. The van der Waals surface area contributed by atoms with E-state index in [0.717, 1.165) is 64.7 Å². The number of carbonyl (C=O) groups excluding carboxylic acids is 1. The Morgan fingerprint density at radius 1 is 1.32 bits per heavy atom. The number of nitrogens with two attached hydrogens (primary N) is 1. The molecule has 1 aliphatic carbocycles. The molecular weight excluding hydrogens is 278 g/mol. The van der Waals surface area contributed by atoms with Gasteiger partial charge in [-0.25, -0.2) is 0 Å². The van der Waals surface area contributed by atoms with Crippen molar-refractivity contribution >= 4 is 5.91 Å². The number of nitrogens with zero attached hydrogens (tertiary/aromatic N) is 2. The number of aliphatic hydroxyl groups is 1. The third kappa shape index (κ3) is 5.21. The molecule has 0 spiro atoms. The summed E-state index contributed by atoms with van der Waals surface area (Å²) in [5, 5.41) is 9.45. The maximum atomic E-state index is 12.6. The van der Waals surface area contributed by atoms with E-state index in [4.69, 9.17) is 5.73 Å². The highest BCUT2D eigenvalue weighted by Crippen LogP contribution is 2.26. The Kier molecular flexibility index (Phi) is 6.66. The van der Waals surface area contributed by atoms with Crippen LogP contribution in [-0.2, 0) is 4.79 Å². The van der Waals surface area contributed by atoms with Crippen LogP contribution in [0.4, 0.5) is 0 Å². The average molecular weight is 311 g/mol. The summed E-state index contributed by atoms with van der Waals surface area (Å²) in [4.78, 5) is 16.8. The highest BCUT2D eigenvalue weighted by atomic mass is 16.3. The number of hydrogen-bond acceptors (Lipinski definition) is 4. The zero-order valence-electron chi connectivity index (χ0n) is 14.2. The van der Waals surface area contributed by atoms with Crippen molar-refractivity contribution in [3.8, 4) is 0 Å². The highest BCUT2D eigenvalue weighted by molar-refractivity contribution is 5.78. The molecule has 5 heteroatoms. The summed E-state index contributed by atoms with van der Waals surface area (Å²) in [5.74, 6) is 1.03. The Morgan fingerprint density at radius 3 is 2.59 bits per heavy atom. The Labute approximate surface area is 134 Å². The lowest BCUT2D eigenvalue weighted by molar-refractivity contribution is -0.136. The molecule has 1 heterocycles. The molecule has 128 valence electrons. The fourth-order valence-corrected chi connectivity index (χ4v) is 3.97. The van der Waals surface area contributed by atoms with Crippen LogP contribution >= 0.6 is 0 Å². The first-order valence-electron chi connectivity index (χ1n) is 8.86. The van der Waals surface area contributed by atoms with E-state index in [2.05, 4.69) is 4.90 Å². The molecule has 0 aromatic rings. The van der Waals surface area contributed by atoms with Gasteiger partial charge < -0.3 is 20.6 Å². The molecule has 2 rings (SSSR count). The van der Waals surface area contributed by atoms with Crippen molar-refractivity contribution in [1.29, 1.82) is 0 Å². The van der Waals surface area contributed by atoms with Gasteiger partial charge in [0.15, 0.2) is 0 Å². The molecule has 3 atom stereocenters. The number of hydrogen-bond donors (Lipinski definition) is 2. The minimum absolute atomic E-state index is 0.143. The SMILES string of the molecule is CC(O)CN1CCC(CN(C)C(=O)C2CCCC(N)C2)CC1. The molecule has 22 heavy (non-hydrogen) atoms. The van der Waals surface area contributed by atoms with Crippen LogP contribution in [0.25, 0.3) is 0 Å². The van der Waals surface area contributed by atoms with Gasteiger partial charge in [-0.05, 0) is 58.0 Å². The van der Waals surface area contributed by atoms with Crippen molar-refractivity contribution in [3.05, 3.63) is 0 Å². The molecule has 2 aliphatic rings. The van der Waals surface area contributed by atoms with Crippen molar-refractivity contribution in [2.45, 2.75) is 57.6 Å². The van der Waals surface area contributed by atoms with Crippen LogP contribution in [0.3, 0.4) is 0 Å². The number of amides is 1. The lowest BCUT2D eigenvalue weighted by atomic mass is 9.85. The fraction of sp³-hybridized carbons (Fsp3) is 0.941. The summed E-state index contributed by atoms with van der Waals surface area (Å²) < 4.78 is 0. The van der Waals surface area contributed by atoms with Gasteiger partial charge in [-0.15, -0.1) is 0 Å². The van der Waals surface area contributed by atoms with Crippen molar-refractivity contribution < 1.29 is 9.90 Å². The molecule has 1 aliphatic heterocycles. The van der Waals surface area contributed by atoms with E-state index in [1.54, 1.807) is 0 Å². The number of carbonyl (C=O) groups is 1. The third-order valence-electron chi connectivity index (χ3n) is 5.20. The minimum Gasteiger partial charge on any atom is -0.392 e. The van der Waals surface area contributed by atoms with Crippen LogP contribution in [0.15, 0.2) is 0 Å². The summed E-state index contributed by atoms with van der Waals surface area (Å²) in [6.45, 7) is 5.54. The molecule has 0 aromatic heterocycles. The molecule has 2 fully saturated rings. The van der Waals surface area contributed by atoms with E-state index in [-0.39, 0.29) is 18.1 Å². The van der Waals surface area contributed by atoms with Crippen molar-refractivity contribution in [1.82, 2.24) is 9.80 Å². The smallest absolute Gasteiger partial charge is 0.225 e. The lowest BCUT2D eigenvalue weighted by Gasteiger charge is -2.36. The van der Waals surface area contributed by atoms with Gasteiger partial charge in [0, 0.05) is 32.1 Å². The maximum absolute atomic E-state index is 12.6. The first-order chi connectivity index (χ1) is 10.5. The fourth-order valence-electron chi connectivity index (χ4n) is 3.97. The quantitative estimate of drug-likeness (QED) is 0.796. The second-order valence-electron chi connectivity index (χ2n) is 7.44. The van der Waals surface area contributed by atoms with E-state index < -0.39 is 0 Å².